The molecule has 0 aliphatic carbocycles. The van der Waals surface area contributed by atoms with E-state index < -0.39 is 0 Å². The summed E-state index contributed by atoms with van der Waals surface area (Å²) in [7, 11) is 0. The molecule has 10 heteroatoms. The van der Waals surface area contributed by atoms with Gasteiger partial charge in [-0.3, -0.25) is 9.69 Å². The van der Waals surface area contributed by atoms with Crippen LogP contribution in [0.1, 0.15) is 31.1 Å². The van der Waals surface area contributed by atoms with Gasteiger partial charge in [-0.15, -0.1) is 11.3 Å². The topological polar surface area (TPSA) is 108 Å². The lowest BCUT2D eigenvalue weighted by Gasteiger charge is -2.26. The van der Waals surface area contributed by atoms with Gasteiger partial charge in [0, 0.05) is 30.9 Å². The fourth-order valence-corrected chi connectivity index (χ4v) is 4.70. The first kappa shape index (κ1) is 24.8. The van der Waals surface area contributed by atoms with Crippen molar-refractivity contribution >= 4 is 28.7 Å². The van der Waals surface area contributed by atoms with Gasteiger partial charge >= 0.3 is 0 Å². The Hall–Kier alpha value is -3.34. The molecule has 4 heterocycles. The van der Waals surface area contributed by atoms with Crippen LogP contribution in [0, 0.1) is 0 Å². The summed E-state index contributed by atoms with van der Waals surface area (Å²) in [5.41, 5.74) is 3.30. The second-order valence-electron chi connectivity index (χ2n) is 8.17. The zero-order chi connectivity index (χ0) is 24.8. The van der Waals surface area contributed by atoms with Crippen LogP contribution in [-0.4, -0.2) is 74.3 Å². The molecule has 0 saturated heterocycles. The third kappa shape index (κ3) is 5.67. The van der Waals surface area contributed by atoms with Crippen LogP contribution in [0.2, 0.25) is 0 Å². The Morgan fingerprint density at radius 2 is 2.03 bits per heavy atom. The van der Waals surface area contributed by atoms with Crippen molar-refractivity contribution in [3.8, 4) is 21.8 Å². The number of nitrogens with zero attached hydrogens (tertiary/aromatic N) is 5. The van der Waals surface area contributed by atoms with Crippen LogP contribution in [-0.2, 0) is 0 Å². The number of aromatic nitrogens is 4. The molecular weight excluding hydrogens is 462 g/mol. The SMILES string of the molecule is CCN(CC)C(C)CNC(=O)c1cc(NCCO)nc(-c2cnn3ccc(-c4cccs4)nc23)c1. The van der Waals surface area contributed by atoms with Crippen molar-refractivity contribution in [2.75, 3.05) is 38.1 Å². The van der Waals surface area contributed by atoms with Crippen LogP contribution in [0.25, 0.3) is 27.5 Å². The summed E-state index contributed by atoms with van der Waals surface area (Å²) in [4.78, 5) is 26.0. The zero-order valence-corrected chi connectivity index (χ0v) is 21.0. The number of likely N-dealkylation sites (N-methyl/N-ethyl adjacent to an activating group) is 1. The second kappa shape index (κ2) is 11.4. The Morgan fingerprint density at radius 3 is 2.74 bits per heavy atom. The molecule has 1 amide bonds. The van der Waals surface area contributed by atoms with E-state index in [1.54, 1.807) is 34.2 Å². The standard InChI is InChI=1S/C25H31N7O2S/c1-4-31(5-2)17(3)15-27-25(34)18-13-21(29-23(14-18)26-9-11-33)19-16-28-32-10-8-20(30-24(19)32)22-7-6-12-35-22/h6-8,10,12-14,16-17,33H,4-5,9,11,15H2,1-3H3,(H,26,29)(H,27,34). The molecule has 35 heavy (non-hydrogen) atoms. The van der Waals surface area contributed by atoms with E-state index in [0.29, 0.717) is 35.8 Å². The van der Waals surface area contributed by atoms with Crippen LogP contribution < -0.4 is 10.6 Å². The van der Waals surface area contributed by atoms with Gasteiger partial charge in [-0.05, 0) is 49.7 Å². The van der Waals surface area contributed by atoms with Crippen molar-refractivity contribution in [1.82, 2.24) is 29.8 Å². The van der Waals surface area contributed by atoms with Gasteiger partial charge < -0.3 is 15.7 Å². The minimum absolute atomic E-state index is 0.0444. The quantitative estimate of drug-likeness (QED) is 0.294. The van der Waals surface area contributed by atoms with Crippen molar-refractivity contribution in [2.24, 2.45) is 0 Å². The minimum Gasteiger partial charge on any atom is -0.395 e. The van der Waals surface area contributed by atoms with Crippen LogP contribution in [0.3, 0.4) is 0 Å². The highest BCUT2D eigenvalue weighted by atomic mass is 32.1. The fraction of sp³-hybridized carbons (Fsp3) is 0.360. The van der Waals surface area contributed by atoms with Crippen molar-refractivity contribution in [2.45, 2.75) is 26.8 Å². The van der Waals surface area contributed by atoms with E-state index in [-0.39, 0.29) is 18.6 Å². The molecule has 4 aromatic rings. The summed E-state index contributed by atoms with van der Waals surface area (Å²) in [6, 6.07) is 9.64. The number of nitrogens with one attached hydrogen (secondary N) is 2. The first-order valence-electron chi connectivity index (χ1n) is 11.8. The fourth-order valence-electron chi connectivity index (χ4n) is 4.00. The summed E-state index contributed by atoms with van der Waals surface area (Å²) < 4.78 is 1.70. The highest BCUT2D eigenvalue weighted by Gasteiger charge is 2.17. The molecule has 0 aromatic carbocycles. The van der Waals surface area contributed by atoms with Crippen LogP contribution in [0.15, 0.2) is 48.1 Å². The Bertz CT molecular complexity index is 1270. The second-order valence-corrected chi connectivity index (χ2v) is 9.12. The molecular formula is C25H31N7O2S. The van der Waals surface area contributed by atoms with E-state index in [0.717, 1.165) is 29.2 Å². The maximum absolute atomic E-state index is 13.1. The number of hydrogen-bond donors (Lipinski definition) is 3. The molecule has 0 radical (unpaired) electrons. The first-order valence-corrected chi connectivity index (χ1v) is 12.7. The molecule has 0 saturated carbocycles. The summed E-state index contributed by atoms with van der Waals surface area (Å²) in [6.45, 7) is 9.02. The highest BCUT2D eigenvalue weighted by molar-refractivity contribution is 7.13. The largest absolute Gasteiger partial charge is 0.395 e. The predicted molar refractivity (Wildman–Crippen MR) is 140 cm³/mol. The minimum atomic E-state index is -0.177. The number of anilines is 1. The van der Waals surface area contributed by atoms with Crippen LogP contribution in [0.5, 0.6) is 0 Å². The van der Waals surface area contributed by atoms with Gasteiger partial charge in [-0.1, -0.05) is 19.9 Å². The zero-order valence-electron chi connectivity index (χ0n) is 20.2. The van der Waals surface area contributed by atoms with E-state index in [1.807, 2.05) is 29.8 Å². The maximum Gasteiger partial charge on any atom is 0.251 e. The van der Waals surface area contributed by atoms with Gasteiger partial charge in [-0.2, -0.15) is 5.10 Å². The van der Waals surface area contributed by atoms with Gasteiger partial charge in [0.1, 0.15) is 5.82 Å². The third-order valence-corrected chi connectivity index (χ3v) is 6.81. The van der Waals surface area contributed by atoms with E-state index in [4.69, 9.17) is 4.98 Å². The van der Waals surface area contributed by atoms with E-state index in [9.17, 15) is 9.90 Å². The molecule has 1 unspecified atom stereocenters. The Labute approximate surface area is 208 Å². The molecule has 0 aliphatic rings. The number of thiophene rings is 1. The van der Waals surface area contributed by atoms with Crippen molar-refractivity contribution in [3.05, 3.63) is 53.7 Å². The smallest absolute Gasteiger partial charge is 0.251 e. The van der Waals surface area contributed by atoms with Crippen molar-refractivity contribution in [1.29, 1.82) is 0 Å². The lowest BCUT2D eigenvalue weighted by Crippen LogP contribution is -2.42. The molecule has 4 rings (SSSR count). The van der Waals surface area contributed by atoms with Gasteiger partial charge in [0.05, 0.1) is 34.6 Å². The third-order valence-electron chi connectivity index (χ3n) is 5.92. The lowest BCUT2D eigenvalue weighted by molar-refractivity contribution is 0.0938. The predicted octanol–water partition coefficient (Wildman–Crippen LogP) is 3.38. The molecule has 0 fully saturated rings. The maximum atomic E-state index is 13.1. The highest BCUT2D eigenvalue weighted by Crippen LogP contribution is 2.28. The van der Waals surface area contributed by atoms with Gasteiger partial charge in [0.25, 0.3) is 5.91 Å². The Morgan fingerprint density at radius 1 is 1.20 bits per heavy atom. The average molecular weight is 494 g/mol. The summed E-state index contributed by atoms with van der Waals surface area (Å²) in [5, 5.41) is 21.8. The Kier molecular flexibility index (Phi) is 8.06. The van der Waals surface area contributed by atoms with E-state index in [2.05, 4.69) is 46.4 Å². The number of hydrogen-bond acceptors (Lipinski definition) is 8. The number of carbonyl (C=O) groups is 1. The first-order chi connectivity index (χ1) is 17.0. The monoisotopic (exact) mass is 493 g/mol. The number of carbonyl (C=O) groups excluding carboxylic acids is 1. The number of pyridine rings is 1. The van der Waals surface area contributed by atoms with Crippen LogP contribution in [0.4, 0.5) is 5.82 Å². The molecule has 4 aromatic heterocycles. The van der Waals surface area contributed by atoms with Crippen LogP contribution >= 0.6 is 11.3 Å². The Balaban J connectivity index is 1.67. The molecule has 0 bridgehead atoms. The lowest BCUT2D eigenvalue weighted by atomic mass is 10.1. The van der Waals surface area contributed by atoms with Gasteiger partial charge in [0.15, 0.2) is 5.65 Å². The van der Waals surface area contributed by atoms with E-state index in [1.165, 1.54) is 0 Å². The number of rotatable bonds is 11. The molecule has 184 valence electrons. The molecule has 0 spiro atoms. The van der Waals surface area contributed by atoms with Crippen molar-refractivity contribution in [3.63, 3.8) is 0 Å². The summed E-state index contributed by atoms with van der Waals surface area (Å²) in [6.07, 6.45) is 3.58. The summed E-state index contributed by atoms with van der Waals surface area (Å²) >= 11 is 1.62. The molecule has 1 atom stereocenters. The summed E-state index contributed by atoms with van der Waals surface area (Å²) in [5.74, 6) is 0.329. The van der Waals surface area contributed by atoms with Gasteiger partial charge in [0.2, 0.25) is 0 Å². The van der Waals surface area contributed by atoms with Gasteiger partial charge in [-0.25, -0.2) is 14.5 Å². The number of fused-ring (bicyclic) bond motifs is 1. The molecule has 9 nitrogen and oxygen atoms in total. The normalized spacial score (nSPS) is 12.3. The number of aliphatic hydroxyl groups is 1. The number of amides is 1. The number of aliphatic hydroxyl groups excluding tert-OH is 1. The van der Waals surface area contributed by atoms with Crippen molar-refractivity contribution < 1.29 is 9.90 Å². The molecule has 3 N–H and O–H groups in total. The van der Waals surface area contributed by atoms with E-state index >= 15 is 0 Å². The molecule has 0 aliphatic heterocycles. The average Bonchev–Trinajstić information content (AvgIpc) is 3.56.